The third-order valence-corrected chi connectivity index (χ3v) is 4.11. The summed E-state index contributed by atoms with van der Waals surface area (Å²) in [5.74, 6) is 0.562. The van der Waals surface area contributed by atoms with Gasteiger partial charge in [-0.3, -0.25) is 14.8 Å². The summed E-state index contributed by atoms with van der Waals surface area (Å²) in [7, 11) is 1.90. The van der Waals surface area contributed by atoms with Crippen LogP contribution in [0, 0.1) is 10.1 Å². The smallest absolute Gasteiger partial charge is 0.266 e. The van der Waals surface area contributed by atoms with E-state index in [1.54, 1.807) is 12.1 Å². The Bertz CT molecular complexity index is 645. The molecule has 19 heavy (non-hydrogen) atoms. The van der Waals surface area contributed by atoms with Gasteiger partial charge in [0.15, 0.2) is 0 Å². The summed E-state index contributed by atoms with van der Waals surface area (Å²) in [5.41, 5.74) is 3.09. The van der Waals surface area contributed by atoms with Crippen LogP contribution >= 0.6 is 15.9 Å². The van der Waals surface area contributed by atoms with E-state index >= 15 is 0 Å². The van der Waals surface area contributed by atoms with Gasteiger partial charge in [-0.2, -0.15) is 5.10 Å². The number of nitro benzene ring substituents is 1. The van der Waals surface area contributed by atoms with Gasteiger partial charge in [0.05, 0.1) is 20.8 Å². The molecule has 0 saturated heterocycles. The van der Waals surface area contributed by atoms with Gasteiger partial charge in [0, 0.05) is 30.7 Å². The van der Waals surface area contributed by atoms with Crippen LogP contribution in [0.5, 0.6) is 0 Å². The number of aromatic nitrogens is 2. The Labute approximate surface area is 118 Å². The summed E-state index contributed by atoms with van der Waals surface area (Å²) in [6, 6.07) is 6.56. The molecule has 0 N–H and O–H groups in total. The van der Waals surface area contributed by atoms with E-state index in [1.807, 2.05) is 11.7 Å². The number of nitrogens with zero attached hydrogens (tertiary/aromatic N) is 3. The van der Waals surface area contributed by atoms with Crippen LogP contribution in [0.2, 0.25) is 0 Å². The number of nitro groups is 1. The van der Waals surface area contributed by atoms with Gasteiger partial charge in [-0.15, -0.1) is 0 Å². The topological polar surface area (TPSA) is 61.0 Å². The van der Waals surface area contributed by atoms with Crippen LogP contribution in [0.15, 0.2) is 28.7 Å². The summed E-state index contributed by atoms with van der Waals surface area (Å²) in [6.45, 7) is 0. The van der Waals surface area contributed by atoms with Crippen LogP contribution in [-0.2, 0) is 7.05 Å². The highest BCUT2D eigenvalue weighted by Gasteiger charge is 2.30. The molecule has 3 rings (SSSR count). The first kappa shape index (κ1) is 12.3. The zero-order valence-electron chi connectivity index (χ0n) is 10.3. The Morgan fingerprint density at radius 3 is 2.53 bits per heavy atom. The third kappa shape index (κ3) is 2.16. The van der Waals surface area contributed by atoms with E-state index in [9.17, 15) is 10.1 Å². The first-order valence-electron chi connectivity index (χ1n) is 6.05. The number of halogens is 1. The maximum absolute atomic E-state index is 10.7. The van der Waals surface area contributed by atoms with E-state index in [1.165, 1.54) is 25.0 Å². The molecular formula is C13H12BrN3O2. The second-order valence-electron chi connectivity index (χ2n) is 4.75. The van der Waals surface area contributed by atoms with Gasteiger partial charge in [-0.05, 0) is 40.9 Å². The molecule has 0 unspecified atom stereocenters. The molecule has 1 aliphatic carbocycles. The third-order valence-electron chi connectivity index (χ3n) is 3.33. The Kier molecular flexibility index (Phi) is 2.89. The number of hydrogen-bond donors (Lipinski definition) is 0. The summed E-state index contributed by atoms with van der Waals surface area (Å²) in [4.78, 5) is 10.3. The van der Waals surface area contributed by atoms with E-state index in [0.29, 0.717) is 5.92 Å². The summed E-state index contributed by atoms with van der Waals surface area (Å²) in [6.07, 6.45) is 2.38. The maximum atomic E-state index is 10.7. The molecule has 5 nitrogen and oxygen atoms in total. The van der Waals surface area contributed by atoms with Gasteiger partial charge < -0.3 is 0 Å². The van der Waals surface area contributed by atoms with Crippen LogP contribution in [-0.4, -0.2) is 14.7 Å². The number of aryl methyl sites for hydroxylation is 1. The molecule has 0 amide bonds. The van der Waals surface area contributed by atoms with E-state index in [4.69, 9.17) is 0 Å². The van der Waals surface area contributed by atoms with E-state index in [0.717, 1.165) is 21.4 Å². The van der Waals surface area contributed by atoms with Crippen molar-refractivity contribution in [1.82, 2.24) is 9.78 Å². The fourth-order valence-corrected chi connectivity index (χ4v) is 3.08. The van der Waals surface area contributed by atoms with Gasteiger partial charge in [-0.25, -0.2) is 0 Å². The predicted molar refractivity (Wildman–Crippen MR) is 75.0 cm³/mol. The minimum Gasteiger partial charge on any atom is -0.266 e. The lowest BCUT2D eigenvalue weighted by atomic mass is 10.1. The highest BCUT2D eigenvalue weighted by molar-refractivity contribution is 9.10. The standard InChI is InChI=1S/C13H12BrN3O2/c1-16-13(11(14)12(15-16)8-2-3-8)9-4-6-10(7-5-9)17(18)19/h4-8H,2-3H2,1H3. The average Bonchev–Trinajstić information content (AvgIpc) is 3.17. The van der Waals surface area contributed by atoms with Crippen LogP contribution in [0.25, 0.3) is 11.3 Å². The molecule has 2 aromatic rings. The Morgan fingerprint density at radius 2 is 2.00 bits per heavy atom. The van der Waals surface area contributed by atoms with Crippen LogP contribution in [0.4, 0.5) is 5.69 Å². The van der Waals surface area contributed by atoms with Crippen molar-refractivity contribution in [2.45, 2.75) is 18.8 Å². The molecule has 0 radical (unpaired) electrons. The molecule has 6 heteroatoms. The van der Waals surface area contributed by atoms with E-state index in [-0.39, 0.29) is 5.69 Å². The van der Waals surface area contributed by atoms with Crippen LogP contribution in [0.3, 0.4) is 0 Å². The lowest BCUT2D eigenvalue weighted by Gasteiger charge is -2.02. The van der Waals surface area contributed by atoms with Gasteiger partial charge in [0.2, 0.25) is 0 Å². The first-order valence-corrected chi connectivity index (χ1v) is 6.84. The second-order valence-corrected chi connectivity index (χ2v) is 5.54. The molecule has 1 aromatic heterocycles. The molecule has 1 fully saturated rings. The second kappa shape index (κ2) is 4.45. The molecule has 0 spiro atoms. The quantitative estimate of drug-likeness (QED) is 0.640. The van der Waals surface area contributed by atoms with Crippen LogP contribution in [0.1, 0.15) is 24.5 Å². The number of hydrogen-bond acceptors (Lipinski definition) is 3. The number of non-ortho nitro benzene ring substituents is 1. The van der Waals surface area contributed by atoms with Crippen LogP contribution < -0.4 is 0 Å². The van der Waals surface area contributed by atoms with Crippen molar-refractivity contribution in [1.29, 1.82) is 0 Å². The lowest BCUT2D eigenvalue weighted by Crippen LogP contribution is -1.94. The SMILES string of the molecule is Cn1nc(C2CC2)c(Br)c1-c1ccc([N+](=O)[O-])cc1. The molecule has 0 atom stereocenters. The first-order chi connectivity index (χ1) is 9.08. The Hall–Kier alpha value is -1.69. The maximum Gasteiger partial charge on any atom is 0.269 e. The average molecular weight is 322 g/mol. The fourth-order valence-electron chi connectivity index (χ4n) is 2.19. The molecule has 1 heterocycles. The van der Waals surface area contributed by atoms with E-state index in [2.05, 4.69) is 21.0 Å². The molecule has 0 aliphatic heterocycles. The van der Waals surface area contributed by atoms with Crippen molar-refractivity contribution in [3.05, 3.63) is 44.5 Å². The van der Waals surface area contributed by atoms with Crippen molar-refractivity contribution in [2.24, 2.45) is 7.05 Å². The summed E-state index contributed by atoms with van der Waals surface area (Å²) in [5, 5.41) is 15.2. The predicted octanol–water partition coefficient (Wildman–Crippen LogP) is 3.64. The molecule has 98 valence electrons. The minimum absolute atomic E-state index is 0.101. The molecule has 0 bridgehead atoms. The normalized spacial score (nSPS) is 14.6. The van der Waals surface area contributed by atoms with Crippen molar-refractivity contribution in [2.75, 3.05) is 0 Å². The summed E-state index contributed by atoms with van der Waals surface area (Å²) >= 11 is 3.61. The Balaban J connectivity index is 2.03. The lowest BCUT2D eigenvalue weighted by molar-refractivity contribution is -0.384. The number of rotatable bonds is 3. The monoisotopic (exact) mass is 321 g/mol. The van der Waals surface area contributed by atoms with Crippen molar-refractivity contribution in [3.8, 4) is 11.3 Å². The van der Waals surface area contributed by atoms with Gasteiger partial charge >= 0.3 is 0 Å². The minimum atomic E-state index is -0.391. The van der Waals surface area contributed by atoms with E-state index < -0.39 is 4.92 Å². The van der Waals surface area contributed by atoms with Gasteiger partial charge in [-0.1, -0.05) is 0 Å². The molecule has 1 saturated carbocycles. The highest BCUT2D eigenvalue weighted by Crippen LogP contribution is 2.45. The molecular weight excluding hydrogens is 310 g/mol. The number of benzene rings is 1. The highest BCUT2D eigenvalue weighted by atomic mass is 79.9. The fraction of sp³-hybridized carbons (Fsp3) is 0.308. The molecule has 1 aromatic carbocycles. The van der Waals surface area contributed by atoms with Crippen molar-refractivity contribution < 1.29 is 4.92 Å². The van der Waals surface area contributed by atoms with Gasteiger partial charge in [0.1, 0.15) is 0 Å². The van der Waals surface area contributed by atoms with Crippen molar-refractivity contribution >= 4 is 21.6 Å². The zero-order valence-corrected chi connectivity index (χ0v) is 11.9. The summed E-state index contributed by atoms with van der Waals surface area (Å²) < 4.78 is 2.84. The van der Waals surface area contributed by atoms with Crippen molar-refractivity contribution in [3.63, 3.8) is 0 Å². The largest absolute Gasteiger partial charge is 0.269 e. The van der Waals surface area contributed by atoms with Gasteiger partial charge in [0.25, 0.3) is 5.69 Å². The zero-order chi connectivity index (χ0) is 13.6. The molecule has 1 aliphatic rings. The Morgan fingerprint density at radius 1 is 1.37 bits per heavy atom.